The molecule has 0 saturated carbocycles. The average Bonchev–Trinajstić information content (AvgIpc) is 3.16. The number of nitrogens with zero attached hydrogens (tertiary/aromatic N) is 3. The van der Waals surface area contributed by atoms with Crippen LogP contribution in [-0.2, 0) is 0 Å². The number of carbonyl (C=O) groups is 1. The van der Waals surface area contributed by atoms with Crippen molar-refractivity contribution in [2.24, 2.45) is 0 Å². The summed E-state index contributed by atoms with van der Waals surface area (Å²) in [5, 5.41) is 8.18. The third kappa shape index (κ3) is 4.50. The Balaban J connectivity index is 1.79. The van der Waals surface area contributed by atoms with E-state index in [0.29, 0.717) is 17.0 Å². The van der Waals surface area contributed by atoms with Crippen LogP contribution in [0.15, 0.2) is 52.4 Å². The van der Waals surface area contributed by atoms with Crippen LogP contribution in [0.5, 0.6) is 0 Å². The molecule has 1 aromatic carbocycles. The van der Waals surface area contributed by atoms with E-state index in [2.05, 4.69) is 48.9 Å². The average molecular weight is 396 g/mol. The van der Waals surface area contributed by atoms with Crippen molar-refractivity contribution in [2.75, 3.05) is 0 Å². The van der Waals surface area contributed by atoms with Crippen LogP contribution in [-0.4, -0.2) is 26.2 Å². The minimum Gasteiger partial charge on any atom is -0.411 e. The molecule has 0 aliphatic carbocycles. The lowest BCUT2D eigenvalue weighted by atomic mass is 9.89. The summed E-state index contributed by atoms with van der Waals surface area (Å²) in [5.41, 5.74) is 3.86. The zero-order valence-corrected chi connectivity index (χ0v) is 17.7. The maximum Gasteiger partial charge on any atom is 0.277 e. The fraction of sp³-hybridized carbons (Fsp3) is 0.364. The molecule has 1 atom stereocenters. The molecule has 0 unspecified atom stereocenters. The number of aromatic nitrogens is 3. The van der Waals surface area contributed by atoms with Gasteiger partial charge in [-0.1, -0.05) is 57.7 Å². The van der Waals surface area contributed by atoms with E-state index in [4.69, 9.17) is 4.42 Å². The minimum atomic E-state index is -0.329. The third-order valence-corrected chi connectivity index (χ3v) is 5.53. The molecule has 2 aromatic heterocycles. The summed E-state index contributed by atoms with van der Waals surface area (Å²) in [6.07, 6.45) is 3.36. The molecule has 2 heterocycles. The van der Waals surface area contributed by atoms with Crippen molar-refractivity contribution in [3.05, 3.63) is 59.4 Å². The highest BCUT2D eigenvalue weighted by Crippen LogP contribution is 2.31. The third-order valence-electron chi connectivity index (χ3n) is 4.59. The number of carbonyl (C=O) groups excluding carboxylic acids is 1. The zero-order valence-electron chi connectivity index (χ0n) is 16.8. The van der Waals surface area contributed by atoms with Gasteiger partial charge in [0.25, 0.3) is 5.22 Å². The fourth-order valence-corrected chi connectivity index (χ4v) is 3.68. The fourth-order valence-electron chi connectivity index (χ4n) is 2.93. The summed E-state index contributed by atoms with van der Waals surface area (Å²) < 4.78 is 5.70. The van der Waals surface area contributed by atoms with Gasteiger partial charge < -0.3 is 4.42 Å². The molecule has 28 heavy (non-hydrogen) atoms. The van der Waals surface area contributed by atoms with E-state index in [9.17, 15) is 4.79 Å². The van der Waals surface area contributed by atoms with Crippen LogP contribution in [0.25, 0.3) is 11.5 Å². The van der Waals surface area contributed by atoms with Crippen molar-refractivity contribution in [1.82, 2.24) is 15.2 Å². The molecule has 0 aliphatic heterocycles. The Morgan fingerprint density at radius 3 is 2.46 bits per heavy atom. The Labute approximate surface area is 170 Å². The number of benzene rings is 1. The van der Waals surface area contributed by atoms with E-state index in [1.807, 2.05) is 31.2 Å². The van der Waals surface area contributed by atoms with Gasteiger partial charge in [0, 0.05) is 18.0 Å². The Morgan fingerprint density at radius 1 is 1.04 bits per heavy atom. The minimum absolute atomic E-state index is 0.0742. The van der Waals surface area contributed by atoms with Gasteiger partial charge in [0.05, 0.1) is 10.8 Å². The van der Waals surface area contributed by atoms with Gasteiger partial charge >= 0.3 is 0 Å². The molecule has 0 bridgehead atoms. The van der Waals surface area contributed by atoms with Gasteiger partial charge in [0.1, 0.15) is 0 Å². The van der Waals surface area contributed by atoms with E-state index in [1.165, 1.54) is 17.3 Å². The van der Waals surface area contributed by atoms with Crippen LogP contribution >= 0.6 is 11.8 Å². The lowest BCUT2D eigenvalue weighted by Gasteiger charge is -2.17. The van der Waals surface area contributed by atoms with Crippen LogP contribution in [0.4, 0.5) is 0 Å². The van der Waals surface area contributed by atoms with E-state index in [1.54, 1.807) is 12.4 Å². The highest BCUT2D eigenvalue weighted by molar-refractivity contribution is 8.00. The van der Waals surface area contributed by atoms with Gasteiger partial charge in [-0.15, -0.1) is 10.2 Å². The molecule has 3 aromatic rings. The smallest absolute Gasteiger partial charge is 0.277 e. The highest BCUT2D eigenvalue weighted by Gasteiger charge is 2.23. The predicted molar refractivity (Wildman–Crippen MR) is 112 cm³/mol. The lowest BCUT2D eigenvalue weighted by Crippen LogP contribution is -2.16. The van der Waals surface area contributed by atoms with Gasteiger partial charge in [-0.3, -0.25) is 9.78 Å². The number of Topliss-reactive ketones (excluding diaryl/α,β-unsaturated/α-hetero) is 1. The molecule has 3 rings (SSSR count). The maximum absolute atomic E-state index is 13.1. The molecule has 0 saturated heterocycles. The van der Waals surface area contributed by atoms with Crippen LogP contribution in [0.1, 0.15) is 67.9 Å². The number of hydrogen-bond acceptors (Lipinski definition) is 6. The Hall–Kier alpha value is -2.47. The van der Waals surface area contributed by atoms with E-state index >= 15 is 0 Å². The van der Waals surface area contributed by atoms with E-state index in [0.717, 1.165) is 16.7 Å². The Kier molecular flexibility index (Phi) is 6.29. The molecule has 0 fully saturated rings. The van der Waals surface area contributed by atoms with Crippen molar-refractivity contribution >= 4 is 17.5 Å². The molecule has 0 amide bonds. The first-order valence-corrected chi connectivity index (χ1v) is 10.3. The van der Waals surface area contributed by atoms with Crippen molar-refractivity contribution in [1.29, 1.82) is 0 Å². The van der Waals surface area contributed by atoms with Gasteiger partial charge in [0.15, 0.2) is 5.78 Å². The van der Waals surface area contributed by atoms with E-state index in [-0.39, 0.29) is 17.0 Å². The molecule has 0 spiro atoms. The van der Waals surface area contributed by atoms with Crippen molar-refractivity contribution in [3.63, 3.8) is 0 Å². The molecule has 146 valence electrons. The molecular weight excluding hydrogens is 370 g/mol. The Bertz CT molecular complexity index is 951. The van der Waals surface area contributed by atoms with E-state index < -0.39 is 0 Å². The molecule has 6 heteroatoms. The number of rotatable bonds is 7. The standard InChI is InChI=1S/C22H25N3O2S/c1-13(2)16-8-9-18(19(11-16)14(3)4)20(26)15(5)28-22-25-24-21(27-22)17-7-6-10-23-12-17/h6-15H,1-5H3/t15-/m1/s1. The molecular formula is C22H25N3O2S. The van der Waals surface area contributed by atoms with Gasteiger partial charge in [-0.2, -0.15) is 0 Å². The van der Waals surface area contributed by atoms with Crippen LogP contribution < -0.4 is 0 Å². The SMILES string of the molecule is CC(C)c1ccc(C(=O)[C@@H](C)Sc2nnc(-c3cccnc3)o2)c(C(C)C)c1. The summed E-state index contributed by atoms with van der Waals surface area (Å²) in [6.45, 7) is 10.4. The van der Waals surface area contributed by atoms with Crippen LogP contribution in [0.3, 0.4) is 0 Å². The molecule has 0 radical (unpaired) electrons. The lowest BCUT2D eigenvalue weighted by molar-refractivity contribution is 0.0992. The van der Waals surface area contributed by atoms with Crippen molar-refractivity contribution < 1.29 is 9.21 Å². The summed E-state index contributed by atoms with van der Waals surface area (Å²) in [4.78, 5) is 17.2. The molecule has 5 nitrogen and oxygen atoms in total. The van der Waals surface area contributed by atoms with Crippen molar-refractivity contribution in [3.8, 4) is 11.5 Å². The first-order chi connectivity index (χ1) is 13.4. The topological polar surface area (TPSA) is 68.9 Å². The second-order valence-corrected chi connectivity index (χ2v) is 8.69. The van der Waals surface area contributed by atoms with Crippen LogP contribution in [0, 0.1) is 0 Å². The second-order valence-electron chi connectivity index (χ2n) is 7.40. The molecule has 0 N–H and O–H groups in total. The largest absolute Gasteiger partial charge is 0.411 e. The Morgan fingerprint density at radius 2 is 1.82 bits per heavy atom. The predicted octanol–water partition coefficient (Wildman–Crippen LogP) is 5.74. The number of thioether (sulfide) groups is 1. The summed E-state index contributed by atoms with van der Waals surface area (Å²) >= 11 is 1.28. The first-order valence-electron chi connectivity index (χ1n) is 9.45. The second kappa shape index (κ2) is 8.69. The van der Waals surface area contributed by atoms with Gasteiger partial charge in [0.2, 0.25) is 5.89 Å². The summed E-state index contributed by atoms with van der Waals surface area (Å²) in [6, 6.07) is 9.84. The van der Waals surface area contributed by atoms with Crippen molar-refractivity contribution in [2.45, 2.75) is 56.9 Å². The van der Waals surface area contributed by atoms with Gasteiger partial charge in [-0.25, -0.2) is 0 Å². The normalized spacial score (nSPS) is 12.5. The number of ketones is 1. The highest BCUT2D eigenvalue weighted by atomic mass is 32.2. The number of pyridine rings is 1. The monoisotopic (exact) mass is 395 g/mol. The maximum atomic E-state index is 13.1. The first kappa shape index (κ1) is 20.3. The molecule has 0 aliphatic rings. The quantitative estimate of drug-likeness (QED) is 0.375. The summed E-state index contributed by atoms with van der Waals surface area (Å²) in [5.74, 6) is 1.18. The zero-order chi connectivity index (χ0) is 20.3. The number of hydrogen-bond donors (Lipinski definition) is 0. The van der Waals surface area contributed by atoms with Crippen LogP contribution in [0.2, 0.25) is 0 Å². The van der Waals surface area contributed by atoms with Gasteiger partial charge in [-0.05, 0) is 42.0 Å². The summed E-state index contributed by atoms with van der Waals surface area (Å²) in [7, 11) is 0.